The number of nitrogens with one attached hydrogen (secondary N) is 1. The van der Waals surface area contributed by atoms with Gasteiger partial charge in [-0.05, 0) is 55.0 Å². The second kappa shape index (κ2) is 4.69. The second-order valence-electron chi connectivity index (χ2n) is 5.34. The first-order valence-corrected chi connectivity index (χ1v) is 6.77. The molecule has 1 N–H and O–H groups in total. The predicted molar refractivity (Wildman–Crippen MR) is 69.4 cm³/mol. The van der Waals surface area contributed by atoms with Gasteiger partial charge < -0.3 is 10.1 Å². The van der Waals surface area contributed by atoms with Crippen molar-refractivity contribution >= 4 is 0 Å². The largest absolute Gasteiger partial charge is 0.497 e. The van der Waals surface area contributed by atoms with E-state index in [9.17, 15) is 0 Å². The van der Waals surface area contributed by atoms with Gasteiger partial charge in [0.15, 0.2) is 0 Å². The molecule has 0 bridgehead atoms. The van der Waals surface area contributed by atoms with Crippen LogP contribution in [0.25, 0.3) is 0 Å². The van der Waals surface area contributed by atoms with Gasteiger partial charge in [0.1, 0.15) is 5.75 Å². The summed E-state index contributed by atoms with van der Waals surface area (Å²) in [6.45, 7) is 1.12. The van der Waals surface area contributed by atoms with Crippen molar-refractivity contribution in [3.05, 3.63) is 29.3 Å². The molecule has 2 nitrogen and oxygen atoms in total. The number of fused-ring (bicyclic) bond motifs is 1. The molecule has 1 fully saturated rings. The Balaban J connectivity index is 1.77. The van der Waals surface area contributed by atoms with Crippen LogP contribution in [0, 0.1) is 5.92 Å². The number of hydrogen-bond acceptors (Lipinski definition) is 2. The molecule has 92 valence electrons. The smallest absolute Gasteiger partial charge is 0.119 e. The molecule has 17 heavy (non-hydrogen) atoms. The predicted octanol–water partition coefficient (Wildman–Crippen LogP) is 3.07. The molecule has 0 amide bonds. The first kappa shape index (κ1) is 11.1. The van der Waals surface area contributed by atoms with E-state index in [1.165, 1.54) is 36.8 Å². The monoisotopic (exact) mass is 231 g/mol. The van der Waals surface area contributed by atoms with E-state index in [0.29, 0.717) is 6.04 Å². The Kier molecular flexibility index (Phi) is 3.06. The minimum Gasteiger partial charge on any atom is -0.497 e. The van der Waals surface area contributed by atoms with Crippen LogP contribution in [-0.4, -0.2) is 13.7 Å². The van der Waals surface area contributed by atoms with Gasteiger partial charge in [0.25, 0.3) is 0 Å². The van der Waals surface area contributed by atoms with Crippen molar-refractivity contribution in [1.82, 2.24) is 5.32 Å². The van der Waals surface area contributed by atoms with E-state index in [1.54, 1.807) is 7.11 Å². The van der Waals surface area contributed by atoms with Crippen molar-refractivity contribution in [1.29, 1.82) is 0 Å². The lowest BCUT2D eigenvalue weighted by atomic mass is 9.91. The van der Waals surface area contributed by atoms with Crippen LogP contribution < -0.4 is 10.1 Å². The Hall–Kier alpha value is -1.02. The van der Waals surface area contributed by atoms with Gasteiger partial charge in [-0.15, -0.1) is 0 Å². The summed E-state index contributed by atoms with van der Waals surface area (Å²) in [6.07, 6.45) is 6.73. The number of hydrogen-bond donors (Lipinski definition) is 1. The summed E-state index contributed by atoms with van der Waals surface area (Å²) in [5, 5.41) is 3.65. The fourth-order valence-electron chi connectivity index (χ4n) is 2.81. The lowest BCUT2D eigenvalue weighted by Gasteiger charge is -2.27. The highest BCUT2D eigenvalue weighted by molar-refractivity contribution is 5.39. The molecule has 1 aliphatic carbocycles. The van der Waals surface area contributed by atoms with Crippen molar-refractivity contribution in [2.75, 3.05) is 13.7 Å². The normalized spacial score (nSPS) is 23.2. The minimum atomic E-state index is 0.550. The van der Waals surface area contributed by atoms with Crippen LogP contribution in [0.2, 0.25) is 0 Å². The van der Waals surface area contributed by atoms with Crippen LogP contribution in [-0.2, 0) is 6.42 Å². The molecule has 0 saturated heterocycles. The van der Waals surface area contributed by atoms with E-state index in [0.717, 1.165) is 24.6 Å². The van der Waals surface area contributed by atoms with Gasteiger partial charge in [-0.1, -0.05) is 18.9 Å². The van der Waals surface area contributed by atoms with Gasteiger partial charge in [-0.2, -0.15) is 0 Å². The van der Waals surface area contributed by atoms with Crippen molar-refractivity contribution < 1.29 is 4.74 Å². The second-order valence-corrected chi connectivity index (χ2v) is 5.34. The third-order valence-corrected chi connectivity index (χ3v) is 4.07. The molecule has 1 heterocycles. The Morgan fingerprint density at radius 1 is 1.29 bits per heavy atom. The first-order chi connectivity index (χ1) is 8.36. The average molecular weight is 231 g/mol. The zero-order chi connectivity index (χ0) is 11.7. The van der Waals surface area contributed by atoms with E-state index >= 15 is 0 Å². The molecule has 2 heteroatoms. The maximum Gasteiger partial charge on any atom is 0.119 e. The summed E-state index contributed by atoms with van der Waals surface area (Å²) in [7, 11) is 1.75. The summed E-state index contributed by atoms with van der Waals surface area (Å²) in [6, 6.07) is 7.09. The molecule has 3 rings (SSSR count). The summed E-state index contributed by atoms with van der Waals surface area (Å²) in [4.78, 5) is 0. The van der Waals surface area contributed by atoms with Gasteiger partial charge in [-0.25, -0.2) is 0 Å². The standard InChI is InChI=1S/C15H21NO/c1-17-13-6-5-12-8-9-16-15(14(12)10-13)7-4-11-2-3-11/h5-6,10-11,15-16H,2-4,7-9H2,1H3. The Morgan fingerprint density at radius 2 is 2.18 bits per heavy atom. The molecule has 0 aromatic heterocycles. The van der Waals surface area contributed by atoms with E-state index in [4.69, 9.17) is 4.74 Å². The van der Waals surface area contributed by atoms with Crippen molar-refractivity contribution in [2.24, 2.45) is 5.92 Å². The molecular formula is C15H21NO. The van der Waals surface area contributed by atoms with Crippen molar-refractivity contribution in [2.45, 2.75) is 38.1 Å². The lowest BCUT2D eigenvalue weighted by Crippen LogP contribution is -2.29. The Bertz CT molecular complexity index is 398. The minimum absolute atomic E-state index is 0.550. The maximum absolute atomic E-state index is 5.34. The molecule has 1 aromatic rings. The van der Waals surface area contributed by atoms with Gasteiger partial charge >= 0.3 is 0 Å². The third kappa shape index (κ3) is 2.47. The number of ether oxygens (including phenoxy) is 1. The van der Waals surface area contributed by atoms with Crippen LogP contribution in [0.3, 0.4) is 0 Å². The number of rotatable bonds is 4. The highest BCUT2D eigenvalue weighted by Crippen LogP contribution is 2.37. The summed E-state index contributed by atoms with van der Waals surface area (Å²) in [5.41, 5.74) is 2.97. The van der Waals surface area contributed by atoms with E-state index in [-0.39, 0.29) is 0 Å². The maximum atomic E-state index is 5.34. The van der Waals surface area contributed by atoms with Crippen molar-refractivity contribution in [3.8, 4) is 5.75 Å². The fraction of sp³-hybridized carbons (Fsp3) is 0.600. The van der Waals surface area contributed by atoms with E-state index in [2.05, 4.69) is 23.5 Å². The molecule has 0 radical (unpaired) electrons. The van der Waals surface area contributed by atoms with Crippen molar-refractivity contribution in [3.63, 3.8) is 0 Å². The number of benzene rings is 1. The van der Waals surface area contributed by atoms with Gasteiger partial charge in [0.2, 0.25) is 0 Å². The van der Waals surface area contributed by atoms with Crippen LogP contribution >= 0.6 is 0 Å². The molecule has 1 aliphatic heterocycles. The highest BCUT2D eigenvalue weighted by Gasteiger charge is 2.25. The zero-order valence-electron chi connectivity index (χ0n) is 10.5. The van der Waals surface area contributed by atoms with Crippen LogP contribution in [0.5, 0.6) is 5.75 Å². The molecule has 1 aromatic carbocycles. The zero-order valence-corrected chi connectivity index (χ0v) is 10.5. The summed E-state index contributed by atoms with van der Waals surface area (Å²) < 4.78 is 5.34. The topological polar surface area (TPSA) is 21.3 Å². The quantitative estimate of drug-likeness (QED) is 0.860. The summed E-state index contributed by atoms with van der Waals surface area (Å²) >= 11 is 0. The first-order valence-electron chi connectivity index (χ1n) is 6.77. The Morgan fingerprint density at radius 3 is 2.94 bits per heavy atom. The van der Waals surface area contributed by atoms with Crippen LogP contribution in [0.4, 0.5) is 0 Å². The SMILES string of the molecule is COc1ccc2c(c1)C(CCC1CC1)NCC2. The lowest BCUT2D eigenvalue weighted by molar-refractivity contribution is 0.408. The van der Waals surface area contributed by atoms with Crippen LogP contribution in [0.1, 0.15) is 42.9 Å². The molecule has 0 spiro atoms. The Labute approximate surface area is 103 Å². The van der Waals surface area contributed by atoms with Gasteiger partial charge in [-0.3, -0.25) is 0 Å². The molecule has 1 unspecified atom stereocenters. The summed E-state index contributed by atoms with van der Waals surface area (Å²) in [5.74, 6) is 2.01. The molecule has 2 aliphatic rings. The van der Waals surface area contributed by atoms with Gasteiger partial charge in [0, 0.05) is 6.04 Å². The van der Waals surface area contributed by atoms with E-state index in [1.807, 2.05) is 0 Å². The molecule has 1 saturated carbocycles. The third-order valence-electron chi connectivity index (χ3n) is 4.07. The highest BCUT2D eigenvalue weighted by atomic mass is 16.5. The number of methoxy groups -OCH3 is 1. The van der Waals surface area contributed by atoms with E-state index < -0.39 is 0 Å². The fourth-order valence-corrected chi connectivity index (χ4v) is 2.81. The van der Waals surface area contributed by atoms with Gasteiger partial charge in [0.05, 0.1) is 7.11 Å². The van der Waals surface area contributed by atoms with Crippen LogP contribution in [0.15, 0.2) is 18.2 Å². The molecular weight excluding hydrogens is 210 g/mol. The molecule has 1 atom stereocenters. The average Bonchev–Trinajstić information content (AvgIpc) is 3.19.